The normalized spacial score (nSPS) is 10.6. The first-order chi connectivity index (χ1) is 6.49. The van der Waals surface area contributed by atoms with Crippen molar-refractivity contribution in [3.8, 4) is 12.3 Å². The second-order valence-electron chi connectivity index (χ2n) is 3.53. The molecule has 1 rings (SSSR count). The van der Waals surface area contributed by atoms with Crippen LogP contribution in [-0.4, -0.2) is 10.9 Å². The molecule has 0 spiro atoms. The smallest absolute Gasteiger partial charge is 0.250 e. The lowest BCUT2D eigenvalue weighted by Gasteiger charge is -2.18. The van der Waals surface area contributed by atoms with E-state index in [1.165, 1.54) is 0 Å². The highest BCUT2D eigenvalue weighted by molar-refractivity contribution is 5.94. The summed E-state index contributed by atoms with van der Waals surface area (Å²) in [5, 5.41) is 0. The van der Waals surface area contributed by atoms with E-state index >= 15 is 0 Å². The summed E-state index contributed by atoms with van der Waals surface area (Å²) < 4.78 is 0. The van der Waals surface area contributed by atoms with Crippen LogP contribution in [0.5, 0.6) is 0 Å². The summed E-state index contributed by atoms with van der Waals surface area (Å²) in [5.74, 6) is 2.08. The fourth-order valence-electron chi connectivity index (χ4n) is 1.17. The number of carbonyl (C=O) groups is 1. The van der Waals surface area contributed by atoms with Crippen LogP contribution in [0.15, 0.2) is 18.3 Å². The number of amides is 1. The summed E-state index contributed by atoms with van der Waals surface area (Å²) in [6.45, 7) is 3.64. The molecule has 1 aromatic rings. The van der Waals surface area contributed by atoms with E-state index in [9.17, 15) is 4.79 Å². The van der Waals surface area contributed by atoms with Gasteiger partial charge in [-0.1, -0.05) is 5.92 Å². The zero-order valence-corrected chi connectivity index (χ0v) is 8.24. The fraction of sp³-hybridized carbons (Fsp3) is 0.273. The molecule has 0 aromatic carbocycles. The van der Waals surface area contributed by atoms with Crippen LogP contribution < -0.4 is 5.73 Å². The topological polar surface area (TPSA) is 56.0 Å². The zero-order chi connectivity index (χ0) is 10.8. The van der Waals surface area contributed by atoms with E-state index in [2.05, 4.69) is 10.9 Å². The molecule has 3 nitrogen and oxygen atoms in total. The molecule has 0 bridgehead atoms. The Kier molecular flexibility index (Phi) is 2.57. The van der Waals surface area contributed by atoms with E-state index in [0.717, 1.165) is 0 Å². The average Bonchev–Trinajstić information content (AvgIpc) is 2.18. The minimum Gasteiger partial charge on any atom is -0.366 e. The van der Waals surface area contributed by atoms with Crippen LogP contribution in [0.25, 0.3) is 0 Å². The first kappa shape index (κ1) is 10.3. The number of hydrogen-bond donors (Lipinski definition) is 1. The summed E-state index contributed by atoms with van der Waals surface area (Å²) in [6.07, 6.45) is 6.96. The number of nitrogens with two attached hydrogens (primary N) is 1. The third kappa shape index (κ3) is 1.74. The Morgan fingerprint density at radius 2 is 2.29 bits per heavy atom. The summed E-state index contributed by atoms with van der Waals surface area (Å²) in [6, 6.07) is 3.29. The van der Waals surface area contributed by atoms with Crippen LogP contribution in [-0.2, 0) is 5.41 Å². The molecule has 0 fully saturated rings. The number of rotatable bonds is 2. The third-order valence-electron chi connectivity index (χ3n) is 2.03. The van der Waals surface area contributed by atoms with Gasteiger partial charge in [0.2, 0.25) is 0 Å². The molecule has 1 amide bonds. The van der Waals surface area contributed by atoms with Gasteiger partial charge < -0.3 is 5.73 Å². The minimum atomic E-state index is -0.578. The van der Waals surface area contributed by atoms with Gasteiger partial charge in [0.25, 0.3) is 5.91 Å². The van der Waals surface area contributed by atoms with E-state index in [0.29, 0.717) is 11.3 Å². The third-order valence-corrected chi connectivity index (χ3v) is 2.03. The van der Waals surface area contributed by atoms with Crippen LogP contribution in [0.2, 0.25) is 0 Å². The average molecular weight is 188 g/mol. The van der Waals surface area contributed by atoms with E-state index in [4.69, 9.17) is 12.2 Å². The van der Waals surface area contributed by atoms with Gasteiger partial charge in [-0.2, -0.15) is 0 Å². The van der Waals surface area contributed by atoms with Crippen LogP contribution in [0.4, 0.5) is 0 Å². The molecule has 14 heavy (non-hydrogen) atoms. The number of pyridine rings is 1. The van der Waals surface area contributed by atoms with Crippen molar-refractivity contribution < 1.29 is 4.79 Å². The van der Waals surface area contributed by atoms with Gasteiger partial charge in [-0.25, -0.2) is 0 Å². The van der Waals surface area contributed by atoms with Crippen molar-refractivity contribution in [3.05, 3.63) is 29.6 Å². The van der Waals surface area contributed by atoms with Crippen LogP contribution >= 0.6 is 0 Å². The summed E-state index contributed by atoms with van der Waals surface area (Å²) >= 11 is 0. The molecule has 0 atom stereocenters. The quantitative estimate of drug-likeness (QED) is 0.706. The van der Waals surface area contributed by atoms with Gasteiger partial charge in [-0.3, -0.25) is 9.78 Å². The number of carbonyl (C=O) groups excluding carboxylic acids is 1. The van der Waals surface area contributed by atoms with Gasteiger partial charge in [-0.05, 0) is 26.0 Å². The minimum absolute atomic E-state index is 0.385. The maximum absolute atomic E-state index is 11.1. The number of terminal acetylenes is 1. The molecule has 2 N–H and O–H groups in total. The maximum atomic E-state index is 11.1. The molecule has 0 aliphatic rings. The molecule has 0 aliphatic heterocycles. The number of hydrogen-bond acceptors (Lipinski definition) is 2. The molecular formula is C11H12N2O. The van der Waals surface area contributed by atoms with Gasteiger partial charge in [0.1, 0.15) is 0 Å². The van der Waals surface area contributed by atoms with Gasteiger partial charge in [-0.15, -0.1) is 6.42 Å². The molecule has 0 radical (unpaired) electrons. The molecule has 1 aromatic heterocycles. The fourth-order valence-corrected chi connectivity index (χ4v) is 1.17. The maximum Gasteiger partial charge on any atom is 0.250 e. The van der Waals surface area contributed by atoms with Crippen LogP contribution in [0.1, 0.15) is 29.9 Å². The summed E-state index contributed by atoms with van der Waals surface area (Å²) in [4.78, 5) is 15.2. The van der Waals surface area contributed by atoms with Crippen molar-refractivity contribution in [2.24, 2.45) is 5.73 Å². The van der Waals surface area contributed by atoms with Gasteiger partial charge >= 0.3 is 0 Å². The van der Waals surface area contributed by atoms with Gasteiger partial charge in [0.15, 0.2) is 0 Å². The predicted octanol–water partition coefficient (Wildman–Crippen LogP) is 1.09. The first-order valence-corrected chi connectivity index (χ1v) is 4.22. The Bertz CT molecular complexity index is 402. The molecule has 72 valence electrons. The second kappa shape index (κ2) is 3.51. The van der Waals surface area contributed by atoms with E-state index in [1.807, 2.05) is 13.8 Å². The molecule has 0 saturated carbocycles. The molecule has 0 unspecified atom stereocenters. The van der Waals surface area contributed by atoms with E-state index in [-0.39, 0.29) is 0 Å². The standard InChI is InChI=1S/C11H12N2O/c1-4-11(2,3)9-8(10(12)14)6-5-7-13-9/h1,5-7H,2-3H3,(H2,12,14). The number of aromatic nitrogens is 1. The van der Waals surface area contributed by atoms with Crippen molar-refractivity contribution in [2.45, 2.75) is 19.3 Å². The van der Waals surface area contributed by atoms with Gasteiger partial charge in [0, 0.05) is 6.20 Å². The molecule has 0 aliphatic carbocycles. The Labute approximate surface area is 83.3 Å². The van der Waals surface area contributed by atoms with Gasteiger partial charge in [0.05, 0.1) is 16.7 Å². The molecule has 0 saturated heterocycles. The van der Waals surface area contributed by atoms with Crippen molar-refractivity contribution in [2.75, 3.05) is 0 Å². The molecule has 1 heterocycles. The predicted molar refractivity (Wildman–Crippen MR) is 54.6 cm³/mol. The first-order valence-electron chi connectivity index (χ1n) is 4.22. The van der Waals surface area contributed by atoms with Crippen molar-refractivity contribution in [1.82, 2.24) is 4.98 Å². The highest BCUT2D eigenvalue weighted by atomic mass is 16.1. The van der Waals surface area contributed by atoms with Crippen molar-refractivity contribution >= 4 is 5.91 Å². The second-order valence-corrected chi connectivity index (χ2v) is 3.53. The van der Waals surface area contributed by atoms with Crippen LogP contribution in [0.3, 0.4) is 0 Å². The Balaban J connectivity index is 3.36. The van der Waals surface area contributed by atoms with Crippen molar-refractivity contribution in [1.29, 1.82) is 0 Å². The van der Waals surface area contributed by atoms with Crippen molar-refractivity contribution in [3.63, 3.8) is 0 Å². The lowest BCUT2D eigenvalue weighted by Crippen LogP contribution is -2.23. The lowest BCUT2D eigenvalue weighted by molar-refractivity contribution is 0.0998. The highest BCUT2D eigenvalue weighted by Crippen LogP contribution is 2.22. The van der Waals surface area contributed by atoms with E-state index < -0.39 is 11.3 Å². The number of primary amides is 1. The zero-order valence-electron chi connectivity index (χ0n) is 8.24. The van der Waals surface area contributed by atoms with Crippen LogP contribution in [0, 0.1) is 12.3 Å². The lowest BCUT2D eigenvalue weighted by atomic mass is 9.87. The Morgan fingerprint density at radius 3 is 2.79 bits per heavy atom. The molecule has 3 heteroatoms. The number of nitrogens with zero attached hydrogens (tertiary/aromatic N) is 1. The SMILES string of the molecule is C#CC(C)(C)c1ncccc1C(N)=O. The Hall–Kier alpha value is -1.82. The van der Waals surface area contributed by atoms with E-state index in [1.54, 1.807) is 18.3 Å². The Morgan fingerprint density at radius 1 is 1.64 bits per heavy atom. The molecular weight excluding hydrogens is 176 g/mol. The highest BCUT2D eigenvalue weighted by Gasteiger charge is 2.24. The summed E-state index contributed by atoms with van der Waals surface area (Å²) in [5.41, 5.74) is 5.58. The largest absolute Gasteiger partial charge is 0.366 e. The summed E-state index contributed by atoms with van der Waals surface area (Å²) in [7, 11) is 0. The monoisotopic (exact) mass is 188 g/mol.